The van der Waals surface area contributed by atoms with Crippen molar-refractivity contribution in [1.82, 2.24) is 4.72 Å². The van der Waals surface area contributed by atoms with Gasteiger partial charge in [0.2, 0.25) is 10.0 Å². The van der Waals surface area contributed by atoms with Gasteiger partial charge in [-0.1, -0.05) is 39.8 Å². The smallest absolute Gasteiger partial charge is 0.211 e. The third kappa shape index (κ3) is 4.05. The lowest BCUT2D eigenvalue weighted by Gasteiger charge is -2.27. The molecule has 1 unspecified atom stereocenters. The topological polar surface area (TPSA) is 70.0 Å². The second-order valence-corrected chi connectivity index (χ2v) is 7.46. The molecule has 0 aliphatic carbocycles. The van der Waals surface area contributed by atoms with Crippen LogP contribution in [-0.2, 0) is 10.0 Å². The Morgan fingerprint density at radius 2 is 1.89 bits per heavy atom. The van der Waals surface area contributed by atoms with E-state index < -0.39 is 10.0 Å². The molecule has 0 aliphatic heterocycles. The third-order valence-electron chi connectivity index (χ3n) is 3.35. The summed E-state index contributed by atoms with van der Waals surface area (Å²) in [7, 11) is -3.63. The lowest BCUT2D eigenvalue weighted by Crippen LogP contribution is -2.34. The number of nitrogens with one attached hydrogen (secondary N) is 1. The summed E-state index contributed by atoms with van der Waals surface area (Å²) in [6, 6.07) is 8.11. The highest BCUT2D eigenvalue weighted by Crippen LogP contribution is 2.25. The molecule has 5 heteroatoms. The van der Waals surface area contributed by atoms with Crippen LogP contribution in [0.2, 0.25) is 0 Å². The normalized spacial score (nSPS) is 13.8. The fraction of sp³-hybridized carbons (Fsp3) is 0.500. The van der Waals surface area contributed by atoms with Crippen LogP contribution in [0.3, 0.4) is 0 Å². The number of hydrogen-bond donors (Lipinski definition) is 1. The van der Waals surface area contributed by atoms with E-state index in [1.807, 2.05) is 13.0 Å². The van der Waals surface area contributed by atoms with Gasteiger partial charge in [-0.25, -0.2) is 13.1 Å². The molecule has 1 atom stereocenters. The molecule has 104 valence electrons. The summed E-state index contributed by atoms with van der Waals surface area (Å²) in [6.45, 7) is 8.55. The van der Waals surface area contributed by atoms with Crippen molar-refractivity contribution in [3.63, 3.8) is 0 Å². The summed E-state index contributed by atoms with van der Waals surface area (Å²) >= 11 is 0. The first kappa shape index (κ1) is 15.7. The number of rotatable bonds is 4. The summed E-state index contributed by atoms with van der Waals surface area (Å²) < 4.78 is 26.9. The summed E-state index contributed by atoms with van der Waals surface area (Å²) in [5.41, 5.74) is 0.190. The second-order valence-electron chi connectivity index (χ2n) is 5.73. The fourth-order valence-corrected chi connectivity index (χ4v) is 2.70. The molecule has 0 heterocycles. The van der Waals surface area contributed by atoms with E-state index in [-0.39, 0.29) is 21.8 Å². The standard InChI is InChI=1S/C14H20N2O2S/c1-11(14(2,3)4)10-16-19(17,18)13-8-6-5-7-12(13)9-15/h5-8,11,16H,10H2,1-4H3. The molecule has 1 aromatic carbocycles. The minimum absolute atomic E-state index is 0.0251. The molecule has 19 heavy (non-hydrogen) atoms. The quantitative estimate of drug-likeness (QED) is 0.921. The average Bonchev–Trinajstić information content (AvgIpc) is 2.34. The first-order chi connectivity index (χ1) is 8.68. The van der Waals surface area contributed by atoms with Crippen molar-refractivity contribution in [2.75, 3.05) is 6.54 Å². The third-order valence-corrected chi connectivity index (χ3v) is 4.84. The lowest BCUT2D eigenvalue weighted by atomic mass is 9.82. The van der Waals surface area contributed by atoms with Crippen LogP contribution in [-0.4, -0.2) is 15.0 Å². The van der Waals surface area contributed by atoms with E-state index in [1.54, 1.807) is 12.1 Å². The number of benzene rings is 1. The first-order valence-corrected chi connectivity index (χ1v) is 7.65. The van der Waals surface area contributed by atoms with Crippen LogP contribution in [0, 0.1) is 22.7 Å². The average molecular weight is 280 g/mol. The Balaban J connectivity index is 2.92. The van der Waals surface area contributed by atoms with E-state index >= 15 is 0 Å². The molecule has 0 amide bonds. The Bertz CT molecular complexity index is 580. The summed E-state index contributed by atoms with van der Waals surface area (Å²) in [5.74, 6) is 0.191. The molecule has 0 aliphatic rings. The lowest BCUT2D eigenvalue weighted by molar-refractivity contribution is 0.263. The van der Waals surface area contributed by atoms with Crippen molar-refractivity contribution >= 4 is 10.0 Å². The molecule has 0 radical (unpaired) electrons. The minimum Gasteiger partial charge on any atom is -0.211 e. The van der Waals surface area contributed by atoms with Crippen LogP contribution in [0.15, 0.2) is 29.2 Å². The van der Waals surface area contributed by atoms with Gasteiger partial charge >= 0.3 is 0 Å². The van der Waals surface area contributed by atoms with E-state index in [2.05, 4.69) is 25.5 Å². The Morgan fingerprint density at radius 1 is 1.32 bits per heavy atom. The van der Waals surface area contributed by atoms with E-state index in [0.29, 0.717) is 6.54 Å². The predicted octanol–water partition coefficient (Wildman–Crippen LogP) is 2.52. The van der Waals surface area contributed by atoms with Crippen molar-refractivity contribution in [2.45, 2.75) is 32.6 Å². The van der Waals surface area contributed by atoms with Crippen LogP contribution in [0.25, 0.3) is 0 Å². The van der Waals surface area contributed by atoms with Gasteiger partial charge in [0.05, 0.1) is 10.5 Å². The van der Waals surface area contributed by atoms with E-state index in [0.717, 1.165) is 0 Å². The maximum absolute atomic E-state index is 12.2. The Kier molecular flexibility index (Phi) is 4.72. The maximum Gasteiger partial charge on any atom is 0.241 e. The Morgan fingerprint density at radius 3 is 2.42 bits per heavy atom. The molecular weight excluding hydrogens is 260 g/mol. The van der Waals surface area contributed by atoms with Gasteiger partial charge in [0.1, 0.15) is 6.07 Å². The monoisotopic (exact) mass is 280 g/mol. The van der Waals surface area contributed by atoms with Crippen molar-refractivity contribution in [2.24, 2.45) is 11.3 Å². The SMILES string of the molecule is CC(CNS(=O)(=O)c1ccccc1C#N)C(C)(C)C. The molecule has 0 spiro atoms. The molecular formula is C14H20N2O2S. The van der Waals surface area contributed by atoms with Crippen LogP contribution in [0.4, 0.5) is 0 Å². The highest BCUT2D eigenvalue weighted by molar-refractivity contribution is 7.89. The zero-order valence-corrected chi connectivity index (χ0v) is 12.6. The molecule has 0 fully saturated rings. The van der Waals surface area contributed by atoms with Gasteiger partial charge in [0, 0.05) is 6.54 Å². The van der Waals surface area contributed by atoms with E-state index in [4.69, 9.17) is 5.26 Å². The minimum atomic E-state index is -3.63. The number of hydrogen-bond acceptors (Lipinski definition) is 3. The largest absolute Gasteiger partial charge is 0.241 e. The highest BCUT2D eigenvalue weighted by atomic mass is 32.2. The van der Waals surface area contributed by atoms with Crippen LogP contribution in [0.5, 0.6) is 0 Å². The van der Waals surface area contributed by atoms with Gasteiger partial charge in [-0.05, 0) is 23.5 Å². The summed E-state index contributed by atoms with van der Waals surface area (Å²) in [6.07, 6.45) is 0. The van der Waals surface area contributed by atoms with E-state index in [9.17, 15) is 8.42 Å². The van der Waals surface area contributed by atoms with Gasteiger partial charge in [0.25, 0.3) is 0 Å². The Hall–Kier alpha value is -1.38. The molecule has 1 rings (SSSR count). The first-order valence-electron chi connectivity index (χ1n) is 6.17. The molecule has 0 saturated carbocycles. The maximum atomic E-state index is 12.2. The van der Waals surface area contributed by atoms with Gasteiger partial charge < -0.3 is 0 Å². The zero-order valence-electron chi connectivity index (χ0n) is 11.8. The number of nitriles is 1. The van der Waals surface area contributed by atoms with Crippen molar-refractivity contribution in [3.05, 3.63) is 29.8 Å². The number of sulfonamides is 1. The molecule has 1 aromatic rings. The van der Waals surface area contributed by atoms with Gasteiger partial charge in [-0.3, -0.25) is 0 Å². The van der Waals surface area contributed by atoms with Crippen molar-refractivity contribution in [1.29, 1.82) is 5.26 Å². The number of nitrogens with zero attached hydrogens (tertiary/aromatic N) is 1. The van der Waals surface area contributed by atoms with Crippen LogP contribution in [0.1, 0.15) is 33.3 Å². The predicted molar refractivity (Wildman–Crippen MR) is 75.0 cm³/mol. The van der Waals surface area contributed by atoms with E-state index in [1.165, 1.54) is 12.1 Å². The summed E-state index contributed by atoms with van der Waals surface area (Å²) in [4.78, 5) is 0.0404. The second kappa shape index (κ2) is 5.72. The van der Waals surface area contributed by atoms with Crippen LogP contribution < -0.4 is 4.72 Å². The van der Waals surface area contributed by atoms with Gasteiger partial charge in [0.15, 0.2) is 0 Å². The van der Waals surface area contributed by atoms with Crippen LogP contribution >= 0.6 is 0 Å². The summed E-state index contributed by atoms with van der Waals surface area (Å²) in [5, 5.41) is 8.95. The highest BCUT2D eigenvalue weighted by Gasteiger charge is 2.24. The van der Waals surface area contributed by atoms with Crippen molar-refractivity contribution < 1.29 is 8.42 Å². The van der Waals surface area contributed by atoms with Gasteiger partial charge in [-0.2, -0.15) is 5.26 Å². The molecule has 0 saturated heterocycles. The molecule has 4 nitrogen and oxygen atoms in total. The van der Waals surface area contributed by atoms with Crippen molar-refractivity contribution in [3.8, 4) is 6.07 Å². The Labute approximate surface area is 115 Å². The molecule has 1 N–H and O–H groups in total. The zero-order chi connectivity index (χ0) is 14.7. The van der Waals surface area contributed by atoms with Gasteiger partial charge in [-0.15, -0.1) is 0 Å². The molecule has 0 aromatic heterocycles. The fourth-order valence-electron chi connectivity index (χ4n) is 1.41. The molecule has 0 bridgehead atoms.